The Morgan fingerprint density at radius 2 is 1.92 bits per heavy atom. The molecule has 2 unspecified atom stereocenters. The van der Waals surface area contributed by atoms with Crippen LogP contribution >= 0.6 is 12.2 Å². The zero-order valence-electron chi connectivity index (χ0n) is 15.6. The molecule has 0 radical (unpaired) electrons. The summed E-state index contributed by atoms with van der Waals surface area (Å²) in [5.74, 6) is -0.344. The summed E-state index contributed by atoms with van der Waals surface area (Å²) in [6.45, 7) is 12.8. The van der Waals surface area contributed by atoms with Crippen LogP contribution in [0.4, 0.5) is 0 Å². The van der Waals surface area contributed by atoms with Crippen molar-refractivity contribution in [3.63, 3.8) is 0 Å². The second-order valence-electron chi connectivity index (χ2n) is 9.25. The van der Waals surface area contributed by atoms with Crippen molar-refractivity contribution < 1.29 is 14.3 Å². The zero-order valence-corrected chi connectivity index (χ0v) is 16.5. The van der Waals surface area contributed by atoms with Crippen molar-refractivity contribution in [1.29, 1.82) is 0 Å². The molecule has 0 spiro atoms. The van der Waals surface area contributed by atoms with E-state index in [1.165, 1.54) is 7.11 Å². The lowest BCUT2D eigenvalue weighted by Crippen LogP contribution is -2.60. The van der Waals surface area contributed by atoms with E-state index in [1.54, 1.807) is 11.8 Å². The van der Waals surface area contributed by atoms with Crippen molar-refractivity contribution in [3.8, 4) is 0 Å². The lowest BCUT2D eigenvalue weighted by Gasteiger charge is -2.42. The Morgan fingerprint density at radius 1 is 1.33 bits per heavy atom. The van der Waals surface area contributed by atoms with E-state index >= 15 is 0 Å². The molecule has 0 aromatic heterocycles. The monoisotopic (exact) mass is 352 g/mol. The summed E-state index contributed by atoms with van der Waals surface area (Å²) in [4.78, 5) is 28.1. The van der Waals surface area contributed by atoms with E-state index in [0.29, 0.717) is 11.5 Å². The van der Waals surface area contributed by atoms with Crippen LogP contribution in [0.1, 0.15) is 48.0 Å². The van der Waals surface area contributed by atoms with Gasteiger partial charge < -0.3 is 15.0 Å². The highest BCUT2D eigenvalue weighted by Gasteiger charge is 3.02. The minimum atomic E-state index is -0.470. The fourth-order valence-corrected chi connectivity index (χ4v) is 5.49. The number of nitrogens with zero attached hydrogens (tertiary/aromatic N) is 1. The number of amides is 1. The number of rotatable bonds is 3. The van der Waals surface area contributed by atoms with Crippen LogP contribution in [0.25, 0.3) is 0 Å². The Labute approximate surface area is 149 Å². The Hall–Kier alpha value is -1.17. The van der Waals surface area contributed by atoms with E-state index in [-0.39, 0.29) is 33.5 Å². The average Bonchev–Trinajstić information content (AvgIpc) is 3.18. The molecule has 3 aliphatic rings. The van der Waals surface area contributed by atoms with Crippen LogP contribution in [0.2, 0.25) is 0 Å². The Balaban J connectivity index is 1.90. The van der Waals surface area contributed by atoms with Gasteiger partial charge in [0.15, 0.2) is 0 Å². The zero-order chi connectivity index (χ0) is 18.3. The molecule has 0 aromatic rings. The Morgan fingerprint density at radius 3 is 2.33 bits per heavy atom. The average molecular weight is 353 g/mol. The second kappa shape index (κ2) is 4.71. The predicted molar refractivity (Wildman–Crippen MR) is 95.4 cm³/mol. The van der Waals surface area contributed by atoms with Gasteiger partial charge in [0.1, 0.15) is 12.1 Å². The fraction of sp³-hybridized carbons (Fsp3) is 0.833. The Bertz CT molecular complexity index is 639. The number of carbonyl (C=O) groups is 2. The first-order valence-corrected chi connectivity index (χ1v) is 8.94. The molecule has 0 aromatic carbocycles. The minimum Gasteiger partial charge on any atom is -0.467 e. The van der Waals surface area contributed by atoms with E-state index in [9.17, 15) is 9.59 Å². The van der Waals surface area contributed by atoms with Gasteiger partial charge in [-0.2, -0.15) is 0 Å². The molecule has 1 N–H and O–H groups in total. The Kier molecular flexibility index (Phi) is 3.47. The van der Waals surface area contributed by atoms with Crippen molar-refractivity contribution in [2.45, 2.75) is 60.0 Å². The van der Waals surface area contributed by atoms with Gasteiger partial charge in [0, 0.05) is 17.4 Å². The van der Waals surface area contributed by atoms with Crippen LogP contribution < -0.4 is 5.32 Å². The summed E-state index contributed by atoms with van der Waals surface area (Å²) in [6, 6.07) is -0.919. The fourth-order valence-electron chi connectivity index (χ4n) is 5.37. The first kappa shape index (κ1) is 17.6. The molecule has 134 valence electrons. The number of hydrogen-bond acceptors (Lipinski definition) is 4. The van der Waals surface area contributed by atoms with Crippen molar-refractivity contribution in [2.24, 2.45) is 21.7 Å². The van der Waals surface area contributed by atoms with Crippen LogP contribution in [-0.2, 0) is 14.3 Å². The maximum atomic E-state index is 13.3. The van der Waals surface area contributed by atoms with E-state index in [2.05, 4.69) is 19.2 Å². The van der Waals surface area contributed by atoms with Gasteiger partial charge in [-0.05, 0) is 24.2 Å². The van der Waals surface area contributed by atoms with Gasteiger partial charge in [-0.1, -0.05) is 46.8 Å². The molecule has 2 aliphatic carbocycles. The third-order valence-corrected chi connectivity index (χ3v) is 7.06. The van der Waals surface area contributed by atoms with Gasteiger partial charge >= 0.3 is 5.97 Å². The van der Waals surface area contributed by atoms with E-state index < -0.39 is 12.1 Å². The molecule has 5 nitrogen and oxygen atoms in total. The lowest BCUT2D eigenvalue weighted by atomic mass is 9.79. The van der Waals surface area contributed by atoms with Gasteiger partial charge in [0.2, 0.25) is 5.91 Å². The van der Waals surface area contributed by atoms with Crippen LogP contribution in [0, 0.1) is 21.7 Å². The number of carbonyl (C=O) groups excluding carboxylic acids is 2. The molecule has 2 saturated carbocycles. The van der Waals surface area contributed by atoms with Gasteiger partial charge in [-0.25, -0.2) is 4.79 Å². The molecular weight excluding hydrogens is 324 g/mol. The lowest BCUT2D eigenvalue weighted by molar-refractivity contribution is -0.158. The standard InChI is InChI=1S/C18H28N2O3S/c1-10(24)19-11(15(2,3)4)13(21)20-9-17-8-18(17,16(17,5)6)12(20)14(22)23-7/h11-12H,8-9H2,1-7H3,(H,19,24)/t11-,12-,17?,18?/m1/s1. The highest BCUT2D eigenvalue weighted by Crippen LogP contribution is 3.00. The van der Waals surface area contributed by atoms with E-state index in [0.717, 1.165) is 6.42 Å². The summed E-state index contributed by atoms with van der Waals surface area (Å²) in [7, 11) is 1.40. The largest absolute Gasteiger partial charge is 0.467 e. The second-order valence-corrected chi connectivity index (χ2v) is 9.86. The van der Waals surface area contributed by atoms with Crippen molar-refractivity contribution in [1.82, 2.24) is 10.2 Å². The van der Waals surface area contributed by atoms with Gasteiger partial charge in [0.05, 0.1) is 12.1 Å². The number of nitrogens with one attached hydrogen (secondary N) is 1. The maximum Gasteiger partial charge on any atom is 0.329 e. The molecule has 0 bridgehead atoms. The first-order valence-electron chi connectivity index (χ1n) is 8.53. The van der Waals surface area contributed by atoms with Crippen molar-refractivity contribution >= 4 is 29.1 Å². The molecule has 1 amide bonds. The van der Waals surface area contributed by atoms with Crippen LogP contribution in [0.5, 0.6) is 0 Å². The molecule has 3 rings (SSSR count). The SMILES string of the molecule is COC(=O)[C@H]1N(C(=O)[C@@H](NC(C)=S)C(C)(C)C)CC23CC12C3(C)C. The van der Waals surface area contributed by atoms with Gasteiger partial charge in [-0.3, -0.25) is 4.79 Å². The third-order valence-electron chi connectivity index (χ3n) is 6.95. The molecule has 1 saturated heterocycles. The smallest absolute Gasteiger partial charge is 0.329 e. The summed E-state index contributed by atoms with van der Waals surface area (Å²) < 4.78 is 5.06. The van der Waals surface area contributed by atoms with Gasteiger partial charge in [-0.15, -0.1) is 0 Å². The number of likely N-dealkylation sites (tertiary alicyclic amines) is 1. The number of thiocarbonyl (C=S) groups is 1. The summed E-state index contributed by atoms with van der Waals surface area (Å²) >= 11 is 5.16. The highest BCUT2D eigenvalue weighted by molar-refractivity contribution is 7.80. The quantitative estimate of drug-likeness (QED) is 0.623. The number of ether oxygens (including phenoxy) is 1. The van der Waals surface area contributed by atoms with Crippen molar-refractivity contribution in [2.75, 3.05) is 13.7 Å². The van der Waals surface area contributed by atoms with Crippen molar-refractivity contribution in [3.05, 3.63) is 0 Å². The maximum absolute atomic E-state index is 13.3. The number of esters is 1. The molecular formula is C18H28N2O3S. The molecule has 6 heteroatoms. The van der Waals surface area contributed by atoms with E-state index in [4.69, 9.17) is 17.0 Å². The molecule has 1 aliphatic heterocycles. The number of hydrogen-bond donors (Lipinski definition) is 1. The third kappa shape index (κ3) is 1.83. The van der Waals surface area contributed by atoms with Crippen LogP contribution in [-0.4, -0.2) is 47.5 Å². The summed E-state index contributed by atoms with van der Waals surface area (Å²) in [6.07, 6.45) is 1.02. The normalized spacial score (nSPS) is 36.3. The topological polar surface area (TPSA) is 58.6 Å². The van der Waals surface area contributed by atoms with Crippen LogP contribution in [0.3, 0.4) is 0 Å². The summed E-state index contributed by atoms with van der Waals surface area (Å²) in [5, 5.41) is 3.14. The van der Waals surface area contributed by atoms with E-state index in [1.807, 2.05) is 20.8 Å². The molecule has 3 fully saturated rings. The first-order chi connectivity index (χ1) is 10.9. The van der Waals surface area contributed by atoms with Gasteiger partial charge in [0.25, 0.3) is 0 Å². The predicted octanol–water partition coefficient (Wildman–Crippen LogP) is 2.14. The molecule has 24 heavy (non-hydrogen) atoms. The number of methoxy groups -OCH3 is 1. The molecule has 1 heterocycles. The minimum absolute atomic E-state index is 0.0523. The molecule has 4 atom stereocenters. The summed E-state index contributed by atoms with van der Waals surface area (Å²) in [5.41, 5.74) is -0.179. The van der Waals surface area contributed by atoms with Crippen LogP contribution in [0.15, 0.2) is 0 Å². The highest BCUT2D eigenvalue weighted by atomic mass is 32.1. The number of piperidine rings is 2.